The number of thiocarbonyl (C=S) groups is 1. The third kappa shape index (κ3) is 4.38. The quantitative estimate of drug-likeness (QED) is 0.320. The van der Waals surface area contributed by atoms with Crippen LogP contribution in [0.4, 0.5) is 5.69 Å². The highest BCUT2D eigenvalue weighted by Crippen LogP contribution is 2.35. The van der Waals surface area contributed by atoms with E-state index in [1.165, 1.54) is 19.1 Å². The van der Waals surface area contributed by atoms with Crippen LogP contribution in [0.2, 0.25) is 0 Å². The Balaban J connectivity index is 1.77. The first kappa shape index (κ1) is 24.0. The molecule has 9 heteroatoms. The van der Waals surface area contributed by atoms with Crippen LogP contribution in [0, 0.1) is 13.8 Å². The van der Waals surface area contributed by atoms with E-state index in [4.69, 9.17) is 26.4 Å². The lowest BCUT2D eigenvalue weighted by atomic mass is 10.1. The van der Waals surface area contributed by atoms with Crippen LogP contribution in [-0.2, 0) is 9.59 Å². The lowest BCUT2D eigenvalue weighted by Crippen LogP contribution is -2.54. The maximum absolute atomic E-state index is 13.5. The Bertz CT molecular complexity index is 1380. The van der Waals surface area contributed by atoms with Gasteiger partial charge in [-0.2, -0.15) is 0 Å². The lowest BCUT2D eigenvalue weighted by molar-refractivity contribution is -0.122. The second-order valence-electron chi connectivity index (χ2n) is 7.86. The Hall–Kier alpha value is -4.11. The molecule has 180 valence electrons. The van der Waals surface area contributed by atoms with Crippen molar-refractivity contribution < 1.29 is 23.8 Å². The number of anilines is 1. The number of methoxy groups -OCH3 is 3. The number of hydrogen-bond acceptors (Lipinski definition) is 6. The molecule has 1 aromatic heterocycles. The molecule has 35 heavy (non-hydrogen) atoms. The molecule has 4 rings (SSSR count). The number of nitrogens with zero attached hydrogens (tertiary/aromatic N) is 2. The fourth-order valence-corrected chi connectivity index (χ4v) is 4.36. The number of aryl methyl sites for hydroxylation is 1. The van der Waals surface area contributed by atoms with E-state index in [2.05, 4.69) is 5.32 Å². The van der Waals surface area contributed by atoms with Gasteiger partial charge in [0.05, 0.1) is 27.0 Å². The van der Waals surface area contributed by atoms with Crippen molar-refractivity contribution in [3.8, 4) is 22.9 Å². The molecule has 2 aromatic carbocycles. The Morgan fingerprint density at radius 3 is 2.31 bits per heavy atom. The van der Waals surface area contributed by atoms with Gasteiger partial charge in [-0.15, -0.1) is 0 Å². The summed E-state index contributed by atoms with van der Waals surface area (Å²) in [5.74, 6) is 0.565. The smallest absolute Gasteiger partial charge is 0.270 e. The van der Waals surface area contributed by atoms with Crippen LogP contribution in [0.15, 0.2) is 54.1 Å². The molecule has 1 fully saturated rings. The summed E-state index contributed by atoms with van der Waals surface area (Å²) < 4.78 is 18.1. The van der Waals surface area contributed by atoms with Crippen LogP contribution in [0.5, 0.6) is 17.2 Å². The lowest BCUT2D eigenvalue weighted by Gasteiger charge is -2.30. The Kier molecular flexibility index (Phi) is 6.61. The largest absolute Gasteiger partial charge is 0.497 e. The van der Waals surface area contributed by atoms with Crippen molar-refractivity contribution in [2.45, 2.75) is 13.8 Å². The highest BCUT2D eigenvalue weighted by Gasteiger charge is 2.36. The van der Waals surface area contributed by atoms with Crippen LogP contribution in [0.3, 0.4) is 0 Å². The number of benzene rings is 2. The molecule has 1 N–H and O–H groups in total. The summed E-state index contributed by atoms with van der Waals surface area (Å²) in [5.41, 5.74) is 3.81. The third-order valence-electron chi connectivity index (χ3n) is 5.81. The minimum absolute atomic E-state index is 0.0255. The maximum atomic E-state index is 13.5. The Morgan fingerprint density at radius 1 is 0.914 bits per heavy atom. The predicted molar refractivity (Wildman–Crippen MR) is 138 cm³/mol. The van der Waals surface area contributed by atoms with Crippen molar-refractivity contribution >= 4 is 40.9 Å². The van der Waals surface area contributed by atoms with Crippen LogP contribution >= 0.6 is 12.2 Å². The van der Waals surface area contributed by atoms with Crippen molar-refractivity contribution in [2.24, 2.45) is 0 Å². The fraction of sp³-hybridized carbons (Fsp3) is 0.192. The monoisotopic (exact) mass is 491 g/mol. The summed E-state index contributed by atoms with van der Waals surface area (Å²) in [6.07, 6.45) is 1.58. The Morgan fingerprint density at radius 2 is 1.63 bits per heavy atom. The first-order chi connectivity index (χ1) is 16.8. The van der Waals surface area contributed by atoms with Gasteiger partial charge in [-0.05, 0) is 68.0 Å². The zero-order chi connectivity index (χ0) is 25.3. The number of carbonyl (C=O) groups excluding carboxylic acids is 2. The van der Waals surface area contributed by atoms with Gasteiger partial charge in [0, 0.05) is 29.2 Å². The zero-order valence-electron chi connectivity index (χ0n) is 20.0. The molecule has 1 aliphatic heterocycles. The summed E-state index contributed by atoms with van der Waals surface area (Å²) in [5, 5.41) is 2.59. The summed E-state index contributed by atoms with van der Waals surface area (Å²) >= 11 is 5.33. The molecule has 1 saturated heterocycles. The maximum Gasteiger partial charge on any atom is 0.270 e. The van der Waals surface area contributed by atoms with E-state index in [1.807, 2.05) is 48.7 Å². The standard InChI is InChI=1S/C26H25N3O5S/c1-15-11-17(16(2)28(15)18-7-6-8-19(13-18)32-3)12-21-24(30)27-26(35)29(25(21)31)22-10-9-20(33-4)14-23(22)34-5/h6-14H,1-5H3,(H,27,30,35)/b21-12-. The summed E-state index contributed by atoms with van der Waals surface area (Å²) in [6, 6.07) is 14.6. The van der Waals surface area contributed by atoms with Gasteiger partial charge in [-0.1, -0.05) is 6.07 Å². The van der Waals surface area contributed by atoms with E-state index in [9.17, 15) is 9.59 Å². The van der Waals surface area contributed by atoms with Gasteiger partial charge in [0.2, 0.25) is 0 Å². The highest BCUT2D eigenvalue weighted by molar-refractivity contribution is 7.80. The molecule has 2 amide bonds. The van der Waals surface area contributed by atoms with E-state index in [0.717, 1.165) is 28.4 Å². The molecule has 8 nitrogen and oxygen atoms in total. The van der Waals surface area contributed by atoms with E-state index >= 15 is 0 Å². The van der Waals surface area contributed by atoms with Crippen molar-refractivity contribution in [2.75, 3.05) is 26.2 Å². The highest BCUT2D eigenvalue weighted by atomic mass is 32.1. The molecule has 0 unspecified atom stereocenters. The van der Waals surface area contributed by atoms with Crippen molar-refractivity contribution in [3.05, 3.63) is 71.1 Å². The summed E-state index contributed by atoms with van der Waals surface area (Å²) in [7, 11) is 4.64. The van der Waals surface area contributed by atoms with Gasteiger partial charge in [0.1, 0.15) is 22.8 Å². The first-order valence-corrected chi connectivity index (χ1v) is 11.2. The molecule has 0 bridgehead atoms. The number of amides is 2. The van der Waals surface area contributed by atoms with Gasteiger partial charge in [-0.3, -0.25) is 14.9 Å². The van der Waals surface area contributed by atoms with Gasteiger partial charge < -0.3 is 18.8 Å². The molecule has 0 aliphatic carbocycles. The van der Waals surface area contributed by atoms with Crippen LogP contribution in [0.1, 0.15) is 17.0 Å². The second kappa shape index (κ2) is 9.63. The fourth-order valence-electron chi connectivity index (χ4n) is 4.08. The normalized spacial score (nSPS) is 14.8. The molecule has 1 aliphatic rings. The summed E-state index contributed by atoms with van der Waals surface area (Å²) in [6.45, 7) is 3.89. The first-order valence-electron chi connectivity index (χ1n) is 10.8. The molecule has 0 radical (unpaired) electrons. The van der Waals surface area contributed by atoms with Gasteiger partial charge >= 0.3 is 0 Å². The number of ether oxygens (including phenoxy) is 3. The number of rotatable bonds is 6. The van der Waals surface area contributed by atoms with Crippen molar-refractivity contribution in [1.29, 1.82) is 0 Å². The van der Waals surface area contributed by atoms with Gasteiger partial charge in [-0.25, -0.2) is 4.90 Å². The average molecular weight is 492 g/mol. The second-order valence-corrected chi connectivity index (χ2v) is 8.25. The van der Waals surface area contributed by atoms with E-state index in [0.29, 0.717) is 17.2 Å². The van der Waals surface area contributed by atoms with Crippen molar-refractivity contribution in [1.82, 2.24) is 9.88 Å². The van der Waals surface area contributed by atoms with Crippen LogP contribution in [0.25, 0.3) is 11.8 Å². The minimum Gasteiger partial charge on any atom is -0.497 e. The van der Waals surface area contributed by atoms with E-state index in [-0.39, 0.29) is 10.7 Å². The molecular formula is C26H25N3O5S. The number of aromatic nitrogens is 1. The SMILES string of the molecule is COc1cccc(-n2c(C)cc(/C=C3/C(=O)NC(=S)N(c4ccc(OC)cc4OC)C3=O)c2C)c1. The molecule has 0 spiro atoms. The van der Waals surface area contributed by atoms with E-state index in [1.54, 1.807) is 31.4 Å². The Labute approximate surface area is 208 Å². The predicted octanol–water partition coefficient (Wildman–Crippen LogP) is 3.95. The minimum atomic E-state index is -0.560. The summed E-state index contributed by atoms with van der Waals surface area (Å²) in [4.78, 5) is 27.6. The molecule has 0 saturated carbocycles. The molecule has 0 atom stereocenters. The van der Waals surface area contributed by atoms with Crippen LogP contribution in [-0.4, -0.2) is 42.8 Å². The van der Waals surface area contributed by atoms with Crippen molar-refractivity contribution in [3.63, 3.8) is 0 Å². The average Bonchev–Trinajstić information content (AvgIpc) is 3.14. The molecule has 3 aromatic rings. The molecule has 2 heterocycles. The third-order valence-corrected chi connectivity index (χ3v) is 6.10. The number of hydrogen-bond donors (Lipinski definition) is 1. The van der Waals surface area contributed by atoms with E-state index < -0.39 is 11.8 Å². The topological polar surface area (TPSA) is 82.0 Å². The number of carbonyl (C=O) groups is 2. The van der Waals surface area contributed by atoms with Gasteiger partial charge in [0.15, 0.2) is 5.11 Å². The zero-order valence-corrected chi connectivity index (χ0v) is 20.9. The molecular weight excluding hydrogens is 466 g/mol. The van der Waals surface area contributed by atoms with Gasteiger partial charge in [0.25, 0.3) is 11.8 Å². The van der Waals surface area contributed by atoms with Crippen LogP contribution < -0.4 is 24.4 Å². The number of nitrogens with one attached hydrogen (secondary N) is 1.